The zero-order valence-electron chi connectivity index (χ0n) is 7.92. The summed E-state index contributed by atoms with van der Waals surface area (Å²) in [6.45, 7) is 5.42. The quantitative estimate of drug-likeness (QED) is 0.701. The first-order valence-corrected chi connectivity index (χ1v) is 4.58. The summed E-state index contributed by atoms with van der Waals surface area (Å²) in [5.41, 5.74) is 1.43. The van der Waals surface area contributed by atoms with Crippen LogP contribution in [0.15, 0.2) is 36.4 Å². The molecular formula is C12H11ClO. The third-order valence-corrected chi connectivity index (χ3v) is 1.82. The lowest BCUT2D eigenvalue weighted by Crippen LogP contribution is -1.92. The number of benzene rings is 1. The molecule has 0 amide bonds. The first-order valence-electron chi connectivity index (χ1n) is 4.20. The van der Waals surface area contributed by atoms with Crippen molar-refractivity contribution in [1.29, 1.82) is 0 Å². The van der Waals surface area contributed by atoms with Gasteiger partial charge in [0.25, 0.3) is 0 Å². The van der Waals surface area contributed by atoms with Crippen LogP contribution in [0.25, 0.3) is 0 Å². The highest BCUT2D eigenvalue weighted by atomic mass is 35.5. The van der Waals surface area contributed by atoms with Gasteiger partial charge in [-0.25, -0.2) is 0 Å². The lowest BCUT2D eigenvalue weighted by Gasteiger charge is -2.03. The molecule has 1 aromatic rings. The van der Waals surface area contributed by atoms with Gasteiger partial charge in [-0.2, -0.15) is 0 Å². The molecule has 0 heterocycles. The van der Waals surface area contributed by atoms with Crippen LogP contribution in [0, 0.1) is 11.8 Å². The van der Waals surface area contributed by atoms with Crippen molar-refractivity contribution >= 4 is 11.6 Å². The van der Waals surface area contributed by atoms with E-state index in [4.69, 9.17) is 11.6 Å². The topological polar surface area (TPSA) is 20.2 Å². The van der Waals surface area contributed by atoms with Crippen molar-refractivity contribution in [2.75, 3.05) is 0 Å². The van der Waals surface area contributed by atoms with Crippen LogP contribution in [-0.2, 0) is 0 Å². The first-order chi connectivity index (χ1) is 6.59. The predicted molar refractivity (Wildman–Crippen MR) is 59.0 cm³/mol. The summed E-state index contributed by atoms with van der Waals surface area (Å²) in [7, 11) is 0. The van der Waals surface area contributed by atoms with Crippen molar-refractivity contribution in [2.24, 2.45) is 0 Å². The SMILES string of the molecule is C=C(C)C#C[C@H](O)c1cccc(Cl)c1. The number of halogens is 1. The third-order valence-electron chi connectivity index (χ3n) is 1.59. The van der Waals surface area contributed by atoms with Crippen LogP contribution in [0.5, 0.6) is 0 Å². The minimum Gasteiger partial charge on any atom is -0.376 e. The predicted octanol–water partition coefficient (Wildman–Crippen LogP) is 2.95. The van der Waals surface area contributed by atoms with Gasteiger partial charge in [0.2, 0.25) is 0 Å². The molecule has 0 aliphatic heterocycles. The van der Waals surface area contributed by atoms with Gasteiger partial charge in [-0.05, 0) is 30.2 Å². The molecule has 1 atom stereocenters. The van der Waals surface area contributed by atoms with Crippen LogP contribution in [-0.4, -0.2) is 5.11 Å². The van der Waals surface area contributed by atoms with E-state index in [0.29, 0.717) is 10.6 Å². The van der Waals surface area contributed by atoms with Gasteiger partial charge in [-0.3, -0.25) is 0 Å². The fourth-order valence-corrected chi connectivity index (χ4v) is 1.15. The van der Waals surface area contributed by atoms with Crippen LogP contribution in [0.3, 0.4) is 0 Å². The monoisotopic (exact) mass is 206 g/mol. The summed E-state index contributed by atoms with van der Waals surface area (Å²) in [5.74, 6) is 5.40. The zero-order valence-corrected chi connectivity index (χ0v) is 8.67. The Balaban J connectivity index is 2.86. The fraction of sp³-hybridized carbons (Fsp3) is 0.167. The van der Waals surface area contributed by atoms with E-state index in [0.717, 1.165) is 5.57 Å². The lowest BCUT2D eigenvalue weighted by molar-refractivity contribution is 0.238. The second-order valence-corrected chi connectivity index (χ2v) is 3.44. The number of rotatable bonds is 1. The lowest BCUT2D eigenvalue weighted by atomic mass is 10.1. The highest BCUT2D eigenvalue weighted by Crippen LogP contribution is 2.16. The van der Waals surface area contributed by atoms with Gasteiger partial charge >= 0.3 is 0 Å². The Bertz CT molecular complexity index is 398. The standard InChI is InChI=1S/C12H11ClO/c1-9(2)6-7-12(14)10-4-3-5-11(13)8-10/h3-5,8,12,14H,1H2,2H3/t12-/m0/s1. The van der Waals surface area contributed by atoms with Gasteiger partial charge in [0.15, 0.2) is 0 Å². The number of allylic oxidation sites excluding steroid dienone is 1. The smallest absolute Gasteiger partial charge is 0.140 e. The van der Waals surface area contributed by atoms with Crippen molar-refractivity contribution in [3.8, 4) is 11.8 Å². The number of aliphatic hydroxyl groups excluding tert-OH is 1. The molecule has 1 rings (SSSR count). The molecule has 0 saturated heterocycles. The molecule has 0 bridgehead atoms. The van der Waals surface area contributed by atoms with Gasteiger partial charge in [0.1, 0.15) is 6.10 Å². The largest absolute Gasteiger partial charge is 0.376 e. The zero-order chi connectivity index (χ0) is 10.6. The maximum absolute atomic E-state index is 9.62. The molecule has 14 heavy (non-hydrogen) atoms. The number of hydrogen-bond acceptors (Lipinski definition) is 1. The highest BCUT2D eigenvalue weighted by molar-refractivity contribution is 6.30. The van der Waals surface area contributed by atoms with Crippen LogP contribution < -0.4 is 0 Å². The molecule has 0 aliphatic rings. The van der Waals surface area contributed by atoms with E-state index in [1.54, 1.807) is 31.2 Å². The van der Waals surface area contributed by atoms with Gasteiger partial charge in [-0.15, -0.1) is 0 Å². The summed E-state index contributed by atoms with van der Waals surface area (Å²) in [5, 5.41) is 10.2. The molecule has 0 fully saturated rings. The summed E-state index contributed by atoms with van der Waals surface area (Å²) in [6.07, 6.45) is -0.801. The summed E-state index contributed by atoms with van der Waals surface area (Å²) in [4.78, 5) is 0. The molecule has 1 nitrogen and oxygen atoms in total. The third kappa shape index (κ3) is 3.26. The summed E-state index contributed by atoms with van der Waals surface area (Å²) < 4.78 is 0. The van der Waals surface area contributed by atoms with Gasteiger partial charge < -0.3 is 5.11 Å². The van der Waals surface area contributed by atoms with Crippen molar-refractivity contribution in [3.63, 3.8) is 0 Å². The molecule has 0 spiro atoms. The normalized spacial score (nSPS) is 11.4. The van der Waals surface area contributed by atoms with E-state index in [1.165, 1.54) is 0 Å². The molecule has 1 aromatic carbocycles. The Morgan fingerprint density at radius 3 is 2.86 bits per heavy atom. The molecule has 0 radical (unpaired) electrons. The second kappa shape index (κ2) is 4.85. The maximum atomic E-state index is 9.62. The average Bonchev–Trinajstić information content (AvgIpc) is 2.14. The van der Waals surface area contributed by atoms with Crippen molar-refractivity contribution in [3.05, 3.63) is 47.0 Å². The minimum atomic E-state index is -0.801. The highest BCUT2D eigenvalue weighted by Gasteiger charge is 2.02. The van der Waals surface area contributed by atoms with Crippen LogP contribution >= 0.6 is 11.6 Å². The van der Waals surface area contributed by atoms with Crippen LogP contribution in [0.2, 0.25) is 5.02 Å². The van der Waals surface area contributed by atoms with Crippen LogP contribution in [0.4, 0.5) is 0 Å². The van der Waals surface area contributed by atoms with Gasteiger partial charge in [0, 0.05) is 5.02 Å². The Labute approximate surface area is 89.0 Å². The van der Waals surface area contributed by atoms with E-state index in [-0.39, 0.29) is 0 Å². The van der Waals surface area contributed by atoms with Crippen LogP contribution in [0.1, 0.15) is 18.6 Å². The average molecular weight is 207 g/mol. The Hall–Kier alpha value is -1.23. The molecule has 72 valence electrons. The van der Waals surface area contributed by atoms with Gasteiger partial charge in [0.05, 0.1) is 0 Å². The van der Waals surface area contributed by atoms with Gasteiger partial charge in [-0.1, -0.05) is 42.2 Å². The Morgan fingerprint density at radius 2 is 2.29 bits per heavy atom. The summed E-state index contributed by atoms with van der Waals surface area (Å²) in [6, 6.07) is 7.01. The van der Waals surface area contributed by atoms with E-state index < -0.39 is 6.10 Å². The van der Waals surface area contributed by atoms with E-state index in [1.807, 2.05) is 0 Å². The molecule has 2 heteroatoms. The van der Waals surface area contributed by atoms with E-state index >= 15 is 0 Å². The van der Waals surface area contributed by atoms with E-state index in [2.05, 4.69) is 18.4 Å². The van der Waals surface area contributed by atoms with Crippen molar-refractivity contribution in [1.82, 2.24) is 0 Å². The molecule has 1 N–H and O–H groups in total. The second-order valence-electron chi connectivity index (χ2n) is 3.01. The first kappa shape index (κ1) is 10.8. The van der Waals surface area contributed by atoms with E-state index in [9.17, 15) is 5.11 Å². The molecular weight excluding hydrogens is 196 g/mol. The van der Waals surface area contributed by atoms with Crippen molar-refractivity contribution in [2.45, 2.75) is 13.0 Å². The summed E-state index contributed by atoms with van der Waals surface area (Å²) >= 11 is 5.77. The molecule has 0 unspecified atom stereocenters. The molecule has 0 aromatic heterocycles. The Kier molecular flexibility index (Phi) is 3.76. The minimum absolute atomic E-state index is 0.596. The number of aliphatic hydroxyl groups is 1. The van der Waals surface area contributed by atoms with Crippen molar-refractivity contribution < 1.29 is 5.11 Å². The fourth-order valence-electron chi connectivity index (χ4n) is 0.952. The molecule has 0 aliphatic carbocycles. The maximum Gasteiger partial charge on any atom is 0.140 e. The Morgan fingerprint density at radius 1 is 1.57 bits per heavy atom. The molecule has 0 saturated carbocycles. The number of hydrogen-bond donors (Lipinski definition) is 1.